The summed E-state index contributed by atoms with van der Waals surface area (Å²) in [6.45, 7) is 5.06. The number of hydrogen-bond acceptors (Lipinski definition) is 4. The molecule has 0 unspecified atom stereocenters. The number of amides is 1. The van der Waals surface area contributed by atoms with Crippen LogP contribution in [0.15, 0.2) is 47.5 Å². The number of benzene rings is 1. The zero-order valence-electron chi connectivity index (χ0n) is 19.7. The molecule has 1 aliphatic heterocycles. The second kappa shape index (κ2) is 10.4. The monoisotopic (exact) mass is 509 g/mol. The van der Waals surface area contributed by atoms with E-state index in [2.05, 4.69) is 0 Å². The first kappa shape index (κ1) is 26.7. The minimum atomic E-state index is -1.19. The molecule has 0 spiro atoms. The van der Waals surface area contributed by atoms with E-state index >= 15 is 0 Å². The van der Waals surface area contributed by atoms with Crippen LogP contribution in [0.3, 0.4) is 0 Å². The van der Waals surface area contributed by atoms with Crippen molar-refractivity contribution in [2.24, 2.45) is 10.8 Å². The van der Waals surface area contributed by atoms with Gasteiger partial charge in [0.25, 0.3) is 0 Å². The van der Waals surface area contributed by atoms with E-state index in [1.54, 1.807) is 17.9 Å². The number of aliphatic hydroxyl groups excluding tert-OH is 2. The summed E-state index contributed by atoms with van der Waals surface area (Å²) in [5.41, 5.74) is -0.843. The fraction of sp³-hybridized carbons (Fsp3) is 0.538. The highest BCUT2D eigenvalue weighted by Gasteiger charge is 2.56. The Kier molecular flexibility index (Phi) is 8.18. The molecule has 1 aromatic rings. The van der Waals surface area contributed by atoms with Gasteiger partial charge in [-0.2, -0.15) is 0 Å². The number of carboxylic acids is 1. The summed E-state index contributed by atoms with van der Waals surface area (Å²) in [6.07, 6.45) is 5.49. The second-order valence-electron chi connectivity index (χ2n) is 10.0. The van der Waals surface area contributed by atoms with Crippen molar-refractivity contribution < 1.29 is 24.9 Å². The van der Waals surface area contributed by atoms with Crippen molar-refractivity contribution in [3.05, 3.63) is 58.1 Å². The van der Waals surface area contributed by atoms with E-state index in [0.717, 1.165) is 5.56 Å². The minimum absolute atomic E-state index is 0.263. The zero-order chi connectivity index (χ0) is 25.3. The van der Waals surface area contributed by atoms with Crippen LogP contribution in [-0.2, 0) is 9.59 Å². The first-order valence-electron chi connectivity index (χ1n) is 11.6. The van der Waals surface area contributed by atoms with Crippen LogP contribution in [0.2, 0.25) is 5.02 Å². The lowest BCUT2D eigenvalue weighted by Crippen LogP contribution is -2.66. The van der Waals surface area contributed by atoms with Crippen LogP contribution in [0.25, 0.3) is 0 Å². The Bertz CT molecular complexity index is 995. The number of likely N-dealkylation sites (tertiary alicyclic amines) is 1. The van der Waals surface area contributed by atoms with Crippen molar-refractivity contribution in [3.8, 4) is 0 Å². The van der Waals surface area contributed by atoms with Crippen molar-refractivity contribution in [1.29, 1.82) is 0 Å². The highest BCUT2D eigenvalue weighted by Crippen LogP contribution is 2.53. The summed E-state index contributed by atoms with van der Waals surface area (Å²) in [5, 5.41) is 31.4. The van der Waals surface area contributed by atoms with Gasteiger partial charge in [0.15, 0.2) is 0 Å². The zero-order valence-corrected chi connectivity index (χ0v) is 21.3. The minimum Gasteiger partial charge on any atom is -0.481 e. The van der Waals surface area contributed by atoms with Gasteiger partial charge in [0.05, 0.1) is 30.6 Å². The number of carboxylic acid groups (broad SMARTS) is 1. The number of aliphatic hydroxyl groups is 2. The Labute approximate surface area is 210 Å². The number of carbonyl (C=O) groups excluding carboxylic acids is 1. The van der Waals surface area contributed by atoms with E-state index < -0.39 is 41.6 Å². The SMILES string of the molecule is CC[C@@H]([C@H](O)CO)N1C(=O)[C@@](C)(CC(=O)O)C[C@H](c2cccc(Cl)c2)[C@H]1[C@]1(C)C=CC(Cl)=CC1. The van der Waals surface area contributed by atoms with Gasteiger partial charge in [-0.15, -0.1) is 0 Å². The molecule has 6 atom stereocenters. The molecule has 1 aromatic carbocycles. The number of rotatable bonds is 8. The highest BCUT2D eigenvalue weighted by molar-refractivity contribution is 6.31. The van der Waals surface area contributed by atoms with Crippen molar-refractivity contribution in [2.45, 2.75) is 70.6 Å². The van der Waals surface area contributed by atoms with Gasteiger partial charge >= 0.3 is 5.97 Å². The second-order valence-corrected chi connectivity index (χ2v) is 10.9. The molecular weight excluding hydrogens is 477 g/mol. The molecule has 0 saturated carbocycles. The molecular formula is C26H33Cl2NO5. The lowest BCUT2D eigenvalue weighted by molar-refractivity contribution is -0.168. The molecule has 8 heteroatoms. The van der Waals surface area contributed by atoms with Crippen LogP contribution in [0.5, 0.6) is 0 Å². The molecule has 1 fully saturated rings. The Balaban J connectivity index is 2.26. The van der Waals surface area contributed by atoms with Crippen LogP contribution < -0.4 is 0 Å². The number of allylic oxidation sites excluding steroid dienone is 3. The van der Waals surface area contributed by atoms with E-state index in [-0.39, 0.29) is 18.2 Å². The maximum atomic E-state index is 14.1. The van der Waals surface area contributed by atoms with Gasteiger partial charge in [-0.1, -0.05) is 68.3 Å². The standard InChI is InChI=1S/C26H33Cl2NO5/c1-4-20(21(31)15-30)29-23(25(2)10-8-17(27)9-11-25)19(16-6-5-7-18(28)12-16)13-26(3,24(29)34)14-22(32)33/h5-10,12,19-21,23,30-31H,4,11,13-15H2,1-3H3,(H,32,33)/t19-,20+,21-,23+,25-,26-/m1/s1. The molecule has 34 heavy (non-hydrogen) atoms. The summed E-state index contributed by atoms with van der Waals surface area (Å²) in [5.74, 6) is -1.65. The normalized spacial score (nSPS) is 31.2. The third kappa shape index (κ3) is 5.20. The van der Waals surface area contributed by atoms with Crippen LogP contribution >= 0.6 is 23.2 Å². The predicted molar refractivity (Wildman–Crippen MR) is 133 cm³/mol. The largest absolute Gasteiger partial charge is 0.481 e. The topological polar surface area (TPSA) is 98.1 Å². The van der Waals surface area contributed by atoms with Crippen LogP contribution in [0.1, 0.15) is 57.9 Å². The number of halogens is 2. The molecule has 0 bridgehead atoms. The van der Waals surface area contributed by atoms with E-state index in [4.69, 9.17) is 23.2 Å². The van der Waals surface area contributed by atoms with E-state index in [0.29, 0.717) is 29.3 Å². The molecule has 6 nitrogen and oxygen atoms in total. The molecule has 3 rings (SSSR count). The Hall–Kier alpha value is -1.86. The van der Waals surface area contributed by atoms with Gasteiger partial charge in [-0.3, -0.25) is 9.59 Å². The number of aliphatic carboxylic acids is 1. The molecule has 1 aliphatic carbocycles. The van der Waals surface area contributed by atoms with E-state index in [1.807, 2.05) is 50.3 Å². The number of piperidine rings is 1. The van der Waals surface area contributed by atoms with E-state index in [1.165, 1.54) is 0 Å². The van der Waals surface area contributed by atoms with Crippen LogP contribution in [0, 0.1) is 10.8 Å². The van der Waals surface area contributed by atoms with Gasteiger partial charge in [0.2, 0.25) is 5.91 Å². The van der Waals surface area contributed by atoms with Crippen molar-refractivity contribution in [3.63, 3.8) is 0 Å². The predicted octanol–water partition coefficient (Wildman–Crippen LogP) is 4.73. The molecule has 0 radical (unpaired) electrons. The third-order valence-electron chi connectivity index (χ3n) is 7.36. The Morgan fingerprint density at radius 1 is 1.29 bits per heavy atom. The summed E-state index contributed by atoms with van der Waals surface area (Å²) in [4.78, 5) is 27.6. The molecule has 1 heterocycles. The fourth-order valence-electron chi connectivity index (χ4n) is 5.69. The highest BCUT2D eigenvalue weighted by atomic mass is 35.5. The molecule has 0 aromatic heterocycles. The summed E-state index contributed by atoms with van der Waals surface area (Å²) in [7, 11) is 0. The van der Waals surface area contributed by atoms with Gasteiger partial charge in [0.1, 0.15) is 0 Å². The van der Waals surface area contributed by atoms with Gasteiger partial charge in [-0.25, -0.2) is 0 Å². The lowest BCUT2D eigenvalue weighted by atomic mass is 9.60. The molecule has 1 saturated heterocycles. The average Bonchev–Trinajstić information content (AvgIpc) is 2.78. The summed E-state index contributed by atoms with van der Waals surface area (Å²) < 4.78 is 0. The first-order chi connectivity index (χ1) is 16.0. The molecule has 2 aliphatic rings. The Morgan fingerprint density at radius 2 is 2.00 bits per heavy atom. The van der Waals surface area contributed by atoms with Gasteiger partial charge in [-0.05, 0) is 43.0 Å². The first-order valence-corrected chi connectivity index (χ1v) is 12.3. The fourth-order valence-corrected chi connectivity index (χ4v) is 6.03. The van der Waals surface area contributed by atoms with E-state index in [9.17, 15) is 24.9 Å². The van der Waals surface area contributed by atoms with Gasteiger partial charge in [0, 0.05) is 27.4 Å². The van der Waals surface area contributed by atoms with Crippen LogP contribution in [0.4, 0.5) is 0 Å². The van der Waals surface area contributed by atoms with Gasteiger partial charge < -0.3 is 20.2 Å². The van der Waals surface area contributed by atoms with Crippen LogP contribution in [-0.4, -0.2) is 56.9 Å². The summed E-state index contributed by atoms with van der Waals surface area (Å²) in [6, 6.07) is 6.31. The number of nitrogens with zero attached hydrogens (tertiary/aromatic N) is 1. The van der Waals surface area contributed by atoms with Crippen molar-refractivity contribution in [1.82, 2.24) is 4.90 Å². The lowest BCUT2D eigenvalue weighted by Gasteiger charge is -2.57. The van der Waals surface area contributed by atoms with Crippen molar-refractivity contribution in [2.75, 3.05) is 6.61 Å². The molecule has 186 valence electrons. The smallest absolute Gasteiger partial charge is 0.304 e. The summed E-state index contributed by atoms with van der Waals surface area (Å²) >= 11 is 12.6. The average molecular weight is 510 g/mol. The molecule has 1 amide bonds. The molecule has 3 N–H and O–H groups in total. The quantitative estimate of drug-likeness (QED) is 0.470. The Morgan fingerprint density at radius 3 is 2.53 bits per heavy atom. The maximum absolute atomic E-state index is 14.1. The third-order valence-corrected chi connectivity index (χ3v) is 7.88. The number of carbonyl (C=O) groups is 2. The maximum Gasteiger partial charge on any atom is 0.304 e. The number of hydrogen-bond donors (Lipinski definition) is 3. The van der Waals surface area contributed by atoms with Crippen molar-refractivity contribution >= 4 is 35.1 Å².